The number of hydrogen-bond donors (Lipinski definition) is 2. The van der Waals surface area contributed by atoms with Crippen LogP contribution in [0.25, 0.3) is 0 Å². The Morgan fingerprint density at radius 1 is 1.19 bits per heavy atom. The number of likely N-dealkylation sites (N-methyl/N-ethyl adjacent to an activating group) is 1. The minimum absolute atomic E-state index is 0. The van der Waals surface area contributed by atoms with E-state index in [9.17, 15) is 5.11 Å². The molecule has 0 heterocycles. The number of aliphatic hydroxyl groups excluding tert-OH is 1. The first-order valence-electron chi connectivity index (χ1n) is 7.43. The van der Waals surface area contributed by atoms with Gasteiger partial charge in [0.2, 0.25) is 0 Å². The summed E-state index contributed by atoms with van der Waals surface area (Å²) in [4.78, 5) is 2.36. The van der Waals surface area contributed by atoms with Gasteiger partial charge in [-0.25, -0.2) is 0 Å². The van der Waals surface area contributed by atoms with Crippen molar-refractivity contribution in [2.75, 3.05) is 39.8 Å². The molecule has 2 N–H and O–H groups in total. The number of halogens is 1. The molecular weight excluding hydrogens is 288 g/mol. The van der Waals surface area contributed by atoms with E-state index in [0.29, 0.717) is 13.0 Å². The molecule has 5 heteroatoms. The number of rotatable bonds is 10. The van der Waals surface area contributed by atoms with Crippen molar-refractivity contribution < 1.29 is 9.84 Å². The fourth-order valence-electron chi connectivity index (χ4n) is 2.15. The molecule has 1 rings (SSSR count). The number of aliphatic hydroxyl groups is 1. The summed E-state index contributed by atoms with van der Waals surface area (Å²) in [6, 6.07) is 7.85. The monoisotopic (exact) mass is 316 g/mol. The van der Waals surface area contributed by atoms with Gasteiger partial charge in [0.15, 0.2) is 0 Å². The van der Waals surface area contributed by atoms with Crippen molar-refractivity contribution >= 4 is 12.4 Å². The lowest BCUT2D eigenvalue weighted by molar-refractivity contribution is 0.170. The highest BCUT2D eigenvalue weighted by atomic mass is 35.5. The first-order valence-corrected chi connectivity index (χ1v) is 7.43. The van der Waals surface area contributed by atoms with Gasteiger partial charge in [0, 0.05) is 19.6 Å². The van der Waals surface area contributed by atoms with Crippen molar-refractivity contribution in [2.45, 2.75) is 26.4 Å². The largest absolute Gasteiger partial charge is 0.497 e. The fraction of sp³-hybridized carbons (Fsp3) is 0.625. The van der Waals surface area contributed by atoms with Crippen LogP contribution in [0.1, 0.15) is 19.4 Å². The van der Waals surface area contributed by atoms with Gasteiger partial charge >= 0.3 is 0 Å². The van der Waals surface area contributed by atoms with Crippen LogP contribution in [-0.2, 0) is 6.42 Å². The smallest absolute Gasteiger partial charge is 0.118 e. The zero-order chi connectivity index (χ0) is 14.8. The van der Waals surface area contributed by atoms with Crippen LogP contribution in [0.4, 0.5) is 0 Å². The molecule has 1 atom stereocenters. The molecular formula is C16H29ClN2O2. The van der Waals surface area contributed by atoms with Crippen LogP contribution in [0.2, 0.25) is 0 Å². The lowest BCUT2D eigenvalue weighted by atomic mass is 10.1. The Bertz CT molecular complexity index is 356. The van der Waals surface area contributed by atoms with Crippen LogP contribution in [-0.4, -0.2) is 55.9 Å². The molecule has 122 valence electrons. The fourth-order valence-corrected chi connectivity index (χ4v) is 2.15. The van der Waals surface area contributed by atoms with Crippen molar-refractivity contribution in [2.24, 2.45) is 0 Å². The van der Waals surface area contributed by atoms with Crippen molar-refractivity contribution in [3.05, 3.63) is 29.8 Å². The van der Waals surface area contributed by atoms with Crippen LogP contribution in [0.3, 0.4) is 0 Å². The Kier molecular flexibility index (Phi) is 11.4. The Hall–Kier alpha value is -0.810. The molecule has 0 spiro atoms. The summed E-state index contributed by atoms with van der Waals surface area (Å²) in [6.45, 7) is 9.07. The maximum atomic E-state index is 10.0. The molecule has 0 saturated carbocycles. The highest BCUT2D eigenvalue weighted by Crippen LogP contribution is 2.12. The first kappa shape index (κ1) is 20.2. The van der Waals surface area contributed by atoms with Gasteiger partial charge < -0.3 is 20.1 Å². The van der Waals surface area contributed by atoms with Crippen molar-refractivity contribution in [1.29, 1.82) is 0 Å². The number of hydrogen-bond acceptors (Lipinski definition) is 4. The zero-order valence-corrected chi connectivity index (χ0v) is 14.2. The second-order valence-electron chi connectivity index (χ2n) is 4.94. The topological polar surface area (TPSA) is 44.7 Å². The summed E-state index contributed by atoms with van der Waals surface area (Å²) in [5, 5.41) is 13.3. The van der Waals surface area contributed by atoms with Crippen LogP contribution in [0.15, 0.2) is 24.3 Å². The van der Waals surface area contributed by atoms with E-state index in [1.54, 1.807) is 7.11 Å². The Labute approximate surface area is 134 Å². The SMILES string of the molecule is CCN(CC)CCNCC(O)Cc1ccc(OC)cc1.Cl. The van der Waals surface area contributed by atoms with Gasteiger partial charge in [0.25, 0.3) is 0 Å². The molecule has 0 aromatic heterocycles. The molecule has 0 radical (unpaired) electrons. The van der Waals surface area contributed by atoms with Gasteiger partial charge in [-0.1, -0.05) is 26.0 Å². The van der Waals surface area contributed by atoms with Crippen molar-refractivity contribution in [3.8, 4) is 5.75 Å². The van der Waals surface area contributed by atoms with E-state index in [4.69, 9.17) is 4.74 Å². The van der Waals surface area contributed by atoms with Crippen LogP contribution < -0.4 is 10.1 Å². The average Bonchev–Trinajstić information content (AvgIpc) is 2.48. The normalized spacial score (nSPS) is 12.0. The summed E-state index contributed by atoms with van der Waals surface area (Å²) in [6.07, 6.45) is 0.322. The van der Waals surface area contributed by atoms with Crippen molar-refractivity contribution in [3.63, 3.8) is 0 Å². The van der Waals surface area contributed by atoms with Gasteiger partial charge in [0.05, 0.1) is 13.2 Å². The number of ether oxygens (including phenoxy) is 1. The molecule has 0 aliphatic carbocycles. The molecule has 1 aromatic carbocycles. The number of benzene rings is 1. The molecule has 0 amide bonds. The van der Waals surface area contributed by atoms with Crippen LogP contribution in [0, 0.1) is 0 Å². The summed E-state index contributed by atoms with van der Waals surface area (Å²) in [5.74, 6) is 0.848. The van der Waals surface area contributed by atoms with Gasteiger partial charge in [0.1, 0.15) is 5.75 Å². The predicted molar refractivity (Wildman–Crippen MR) is 90.6 cm³/mol. The van der Waals surface area contributed by atoms with E-state index >= 15 is 0 Å². The summed E-state index contributed by atoms with van der Waals surface area (Å²) >= 11 is 0. The van der Waals surface area contributed by atoms with Crippen LogP contribution in [0.5, 0.6) is 5.75 Å². The van der Waals surface area contributed by atoms with E-state index in [-0.39, 0.29) is 18.5 Å². The summed E-state index contributed by atoms with van der Waals surface area (Å²) < 4.78 is 5.12. The molecule has 0 bridgehead atoms. The Morgan fingerprint density at radius 3 is 2.33 bits per heavy atom. The maximum Gasteiger partial charge on any atom is 0.118 e. The van der Waals surface area contributed by atoms with E-state index in [2.05, 4.69) is 24.1 Å². The molecule has 0 fully saturated rings. The lowest BCUT2D eigenvalue weighted by Crippen LogP contribution is -2.35. The molecule has 4 nitrogen and oxygen atoms in total. The highest BCUT2D eigenvalue weighted by molar-refractivity contribution is 5.85. The third kappa shape index (κ3) is 8.27. The van der Waals surface area contributed by atoms with Gasteiger partial charge in [-0.15, -0.1) is 12.4 Å². The Balaban J connectivity index is 0.00000400. The molecule has 0 aliphatic heterocycles. The minimum Gasteiger partial charge on any atom is -0.497 e. The molecule has 1 aromatic rings. The van der Waals surface area contributed by atoms with E-state index in [0.717, 1.165) is 37.5 Å². The van der Waals surface area contributed by atoms with Gasteiger partial charge in [-0.2, -0.15) is 0 Å². The molecule has 0 saturated heterocycles. The average molecular weight is 317 g/mol. The van der Waals surface area contributed by atoms with Gasteiger partial charge in [-0.05, 0) is 37.2 Å². The standard InChI is InChI=1S/C16H28N2O2.ClH/c1-4-18(5-2)11-10-17-13-15(19)12-14-6-8-16(20-3)9-7-14;/h6-9,15,17,19H,4-5,10-13H2,1-3H3;1H. The quantitative estimate of drug-likeness (QED) is 0.648. The summed E-state index contributed by atoms with van der Waals surface area (Å²) in [7, 11) is 1.66. The molecule has 0 aliphatic rings. The number of nitrogens with zero attached hydrogens (tertiary/aromatic N) is 1. The Morgan fingerprint density at radius 2 is 1.81 bits per heavy atom. The minimum atomic E-state index is -0.347. The third-order valence-corrected chi connectivity index (χ3v) is 3.51. The predicted octanol–water partition coefficient (Wildman–Crippen LogP) is 1.95. The molecule has 21 heavy (non-hydrogen) atoms. The highest BCUT2D eigenvalue weighted by Gasteiger charge is 2.06. The van der Waals surface area contributed by atoms with E-state index in [1.807, 2.05) is 24.3 Å². The van der Waals surface area contributed by atoms with E-state index < -0.39 is 0 Å². The summed E-state index contributed by atoms with van der Waals surface area (Å²) in [5.41, 5.74) is 1.13. The maximum absolute atomic E-state index is 10.0. The van der Waals surface area contributed by atoms with E-state index in [1.165, 1.54) is 0 Å². The third-order valence-electron chi connectivity index (χ3n) is 3.51. The first-order chi connectivity index (χ1) is 9.69. The number of nitrogens with one attached hydrogen (secondary N) is 1. The second kappa shape index (κ2) is 11.8. The lowest BCUT2D eigenvalue weighted by Gasteiger charge is -2.19. The van der Waals surface area contributed by atoms with Gasteiger partial charge in [-0.3, -0.25) is 0 Å². The van der Waals surface area contributed by atoms with Crippen LogP contribution >= 0.6 is 12.4 Å². The second-order valence-corrected chi connectivity index (χ2v) is 4.94. The zero-order valence-electron chi connectivity index (χ0n) is 13.3. The number of methoxy groups -OCH3 is 1. The molecule has 1 unspecified atom stereocenters. The van der Waals surface area contributed by atoms with Crippen molar-refractivity contribution in [1.82, 2.24) is 10.2 Å².